The molecule has 0 aliphatic heterocycles. The zero-order chi connectivity index (χ0) is 13.7. The smallest absolute Gasteiger partial charge is 0.161 e. The summed E-state index contributed by atoms with van der Waals surface area (Å²) in [6.45, 7) is 3.47. The summed E-state index contributed by atoms with van der Waals surface area (Å²) >= 11 is 0. The molecule has 4 heteroatoms. The van der Waals surface area contributed by atoms with Crippen LogP contribution in [0.1, 0.15) is 25.3 Å². The summed E-state index contributed by atoms with van der Waals surface area (Å²) in [5.41, 5.74) is 1.21. The molecule has 0 bridgehead atoms. The molecule has 0 atom stereocenters. The normalized spacial score (nSPS) is 21.8. The third kappa shape index (κ3) is 3.61. The molecule has 0 aromatic heterocycles. The van der Waals surface area contributed by atoms with Crippen molar-refractivity contribution < 1.29 is 14.2 Å². The summed E-state index contributed by atoms with van der Waals surface area (Å²) in [4.78, 5) is 0. The molecule has 4 nitrogen and oxygen atoms in total. The SMILES string of the molecule is CCOc1ccc(CNC2CC(OC)C2)cc1OC. The van der Waals surface area contributed by atoms with E-state index in [1.54, 1.807) is 14.2 Å². The zero-order valence-electron chi connectivity index (χ0n) is 11.9. The van der Waals surface area contributed by atoms with E-state index in [0.717, 1.165) is 30.9 Å². The van der Waals surface area contributed by atoms with Gasteiger partial charge in [0.1, 0.15) is 0 Å². The molecule has 0 unspecified atom stereocenters. The van der Waals surface area contributed by atoms with Crippen molar-refractivity contribution in [2.24, 2.45) is 0 Å². The van der Waals surface area contributed by atoms with Crippen LogP contribution in [0.25, 0.3) is 0 Å². The molecule has 0 radical (unpaired) electrons. The Morgan fingerprint density at radius 1 is 1.21 bits per heavy atom. The first-order valence-electron chi connectivity index (χ1n) is 6.82. The molecule has 0 spiro atoms. The van der Waals surface area contributed by atoms with Crippen molar-refractivity contribution in [2.45, 2.75) is 38.5 Å². The topological polar surface area (TPSA) is 39.7 Å². The number of hydrogen-bond donors (Lipinski definition) is 1. The molecular weight excluding hydrogens is 242 g/mol. The van der Waals surface area contributed by atoms with Crippen LogP contribution in [-0.4, -0.2) is 33.0 Å². The number of methoxy groups -OCH3 is 2. The molecule has 19 heavy (non-hydrogen) atoms. The number of hydrogen-bond acceptors (Lipinski definition) is 4. The van der Waals surface area contributed by atoms with Crippen molar-refractivity contribution >= 4 is 0 Å². The van der Waals surface area contributed by atoms with Crippen LogP contribution in [0.3, 0.4) is 0 Å². The van der Waals surface area contributed by atoms with Gasteiger partial charge in [-0.2, -0.15) is 0 Å². The molecule has 1 fully saturated rings. The van der Waals surface area contributed by atoms with Crippen LogP contribution < -0.4 is 14.8 Å². The van der Waals surface area contributed by atoms with Crippen molar-refractivity contribution in [3.05, 3.63) is 23.8 Å². The molecule has 2 rings (SSSR count). The van der Waals surface area contributed by atoms with E-state index in [1.807, 2.05) is 19.1 Å². The summed E-state index contributed by atoms with van der Waals surface area (Å²) in [5.74, 6) is 1.60. The lowest BCUT2D eigenvalue weighted by atomic mass is 9.89. The Morgan fingerprint density at radius 2 is 2.00 bits per heavy atom. The van der Waals surface area contributed by atoms with Gasteiger partial charge in [0.05, 0.1) is 19.8 Å². The van der Waals surface area contributed by atoms with Crippen LogP contribution in [0.2, 0.25) is 0 Å². The fourth-order valence-corrected chi connectivity index (χ4v) is 2.28. The predicted molar refractivity (Wildman–Crippen MR) is 74.8 cm³/mol. The van der Waals surface area contributed by atoms with Gasteiger partial charge >= 0.3 is 0 Å². The second-order valence-corrected chi connectivity index (χ2v) is 4.83. The minimum Gasteiger partial charge on any atom is -0.493 e. The van der Waals surface area contributed by atoms with Gasteiger partial charge in [-0.25, -0.2) is 0 Å². The summed E-state index contributed by atoms with van der Waals surface area (Å²) in [6.07, 6.45) is 2.64. The van der Waals surface area contributed by atoms with Crippen LogP contribution >= 0.6 is 0 Å². The Bertz CT molecular complexity index is 402. The first-order valence-corrected chi connectivity index (χ1v) is 6.82. The minimum atomic E-state index is 0.437. The van der Waals surface area contributed by atoms with Crippen molar-refractivity contribution in [1.29, 1.82) is 0 Å². The van der Waals surface area contributed by atoms with Crippen LogP contribution in [0.5, 0.6) is 11.5 Å². The second kappa shape index (κ2) is 6.78. The fraction of sp³-hybridized carbons (Fsp3) is 0.600. The van der Waals surface area contributed by atoms with Gasteiger partial charge in [-0.15, -0.1) is 0 Å². The van der Waals surface area contributed by atoms with Gasteiger partial charge < -0.3 is 19.5 Å². The van der Waals surface area contributed by atoms with Gasteiger partial charge in [-0.05, 0) is 37.5 Å². The zero-order valence-corrected chi connectivity index (χ0v) is 11.9. The third-order valence-corrected chi connectivity index (χ3v) is 3.55. The molecule has 106 valence electrons. The molecular formula is C15H23NO3. The van der Waals surface area contributed by atoms with E-state index in [-0.39, 0.29) is 0 Å². The Balaban J connectivity index is 1.87. The summed E-state index contributed by atoms with van der Waals surface area (Å²) in [7, 11) is 3.45. The average Bonchev–Trinajstić information content (AvgIpc) is 2.39. The van der Waals surface area contributed by atoms with Crippen molar-refractivity contribution in [2.75, 3.05) is 20.8 Å². The van der Waals surface area contributed by atoms with Gasteiger partial charge in [0.25, 0.3) is 0 Å². The van der Waals surface area contributed by atoms with Crippen LogP contribution in [0.4, 0.5) is 0 Å². The molecule has 0 amide bonds. The van der Waals surface area contributed by atoms with Crippen LogP contribution in [0, 0.1) is 0 Å². The number of benzene rings is 1. The Morgan fingerprint density at radius 3 is 2.63 bits per heavy atom. The Kier molecular flexibility index (Phi) is 5.05. The number of nitrogens with one attached hydrogen (secondary N) is 1. The first-order chi connectivity index (χ1) is 9.26. The van der Waals surface area contributed by atoms with Gasteiger partial charge in [-0.1, -0.05) is 6.07 Å². The largest absolute Gasteiger partial charge is 0.493 e. The lowest BCUT2D eigenvalue weighted by Crippen LogP contribution is -2.44. The van der Waals surface area contributed by atoms with Crippen molar-refractivity contribution in [3.63, 3.8) is 0 Å². The Labute approximate surface area is 115 Å². The summed E-state index contributed by atoms with van der Waals surface area (Å²) < 4.78 is 16.1. The monoisotopic (exact) mass is 265 g/mol. The molecule has 0 heterocycles. The number of ether oxygens (including phenoxy) is 3. The molecule has 1 aromatic carbocycles. The van der Waals surface area contributed by atoms with Gasteiger partial charge in [0, 0.05) is 19.7 Å². The molecule has 1 N–H and O–H groups in total. The van der Waals surface area contributed by atoms with Gasteiger partial charge in [0.15, 0.2) is 11.5 Å². The average molecular weight is 265 g/mol. The van der Waals surface area contributed by atoms with Crippen molar-refractivity contribution in [3.8, 4) is 11.5 Å². The summed E-state index contributed by atoms with van der Waals surface area (Å²) in [5, 5.41) is 3.53. The molecule has 1 aromatic rings. The standard InChI is InChI=1S/C15H23NO3/c1-4-19-14-6-5-11(7-15(14)18-3)10-16-12-8-13(9-12)17-2/h5-7,12-13,16H,4,8-10H2,1-3H3. The second-order valence-electron chi connectivity index (χ2n) is 4.83. The van der Waals surface area contributed by atoms with E-state index in [1.165, 1.54) is 5.56 Å². The lowest BCUT2D eigenvalue weighted by Gasteiger charge is -2.34. The van der Waals surface area contributed by atoms with Crippen molar-refractivity contribution in [1.82, 2.24) is 5.32 Å². The quantitative estimate of drug-likeness (QED) is 0.821. The highest BCUT2D eigenvalue weighted by Gasteiger charge is 2.28. The van der Waals surface area contributed by atoms with E-state index in [0.29, 0.717) is 18.8 Å². The number of rotatable bonds is 7. The minimum absolute atomic E-state index is 0.437. The first kappa shape index (κ1) is 14.2. The van der Waals surface area contributed by atoms with E-state index >= 15 is 0 Å². The van der Waals surface area contributed by atoms with E-state index in [2.05, 4.69) is 11.4 Å². The molecule has 1 saturated carbocycles. The van der Waals surface area contributed by atoms with E-state index < -0.39 is 0 Å². The third-order valence-electron chi connectivity index (χ3n) is 3.55. The molecule has 1 aliphatic carbocycles. The lowest BCUT2D eigenvalue weighted by molar-refractivity contribution is 0.0170. The van der Waals surface area contributed by atoms with E-state index in [9.17, 15) is 0 Å². The highest BCUT2D eigenvalue weighted by molar-refractivity contribution is 5.42. The highest BCUT2D eigenvalue weighted by atomic mass is 16.5. The van der Waals surface area contributed by atoms with Crippen LogP contribution in [0.15, 0.2) is 18.2 Å². The maximum atomic E-state index is 5.51. The Hall–Kier alpha value is -1.26. The maximum Gasteiger partial charge on any atom is 0.161 e. The molecule has 1 aliphatic rings. The fourth-order valence-electron chi connectivity index (χ4n) is 2.28. The van der Waals surface area contributed by atoms with Crippen LogP contribution in [-0.2, 0) is 11.3 Å². The van der Waals surface area contributed by atoms with Gasteiger partial charge in [-0.3, -0.25) is 0 Å². The maximum absolute atomic E-state index is 5.51. The van der Waals surface area contributed by atoms with Gasteiger partial charge in [0.2, 0.25) is 0 Å². The molecule has 0 saturated heterocycles. The highest BCUT2D eigenvalue weighted by Crippen LogP contribution is 2.28. The summed E-state index contributed by atoms with van der Waals surface area (Å²) in [6, 6.07) is 6.65. The predicted octanol–water partition coefficient (Wildman–Crippen LogP) is 2.36. The van der Waals surface area contributed by atoms with E-state index in [4.69, 9.17) is 14.2 Å².